The second kappa shape index (κ2) is 12.4. The van der Waals surface area contributed by atoms with Crippen molar-refractivity contribution in [3.05, 3.63) is 12.2 Å². The highest BCUT2D eigenvalue weighted by molar-refractivity contribution is 6.54. The van der Waals surface area contributed by atoms with Crippen LogP contribution in [-0.4, -0.2) is 53.3 Å². The van der Waals surface area contributed by atoms with Crippen LogP contribution in [-0.2, 0) is 23.2 Å². The molecular formula is C13H23NO5Si. The van der Waals surface area contributed by atoms with Crippen LogP contribution >= 0.6 is 0 Å². The van der Waals surface area contributed by atoms with Crippen molar-refractivity contribution in [1.29, 1.82) is 0 Å². The number of nitrogens with one attached hydrogen (secondary N) is 1. The zero-order valence-corrected chi connectivity index (χ0v) is 13.3. The Bertz CT molecular complexity index is 347. The highest BCUT2D eigenvalue weighted by atomic mass is 28.3. The van der Waals surface area contributed by atoms with Crippen molar-refractivity contribution in [2.24, 2.45) is 0 Å². The lowest BCUT2D eigenvalue weighted by Crippen LogP contribution is -2.23. The number of amides is 1. The van der Waals surface area contributed by atoms with Gasteiger partial charge in [-0.3, -0.25) is 4.79 Å². The molecule has 0 atom stereocenters. The van der Waals surface area contributed by atoms with Crippen molar-refractivity contribution in [2.45, 2.75) is 26.7 Å². The van der Waals surface area contributed by atoms with Crippen molar-refractivity contribution in [3.8, 4) is 0 Å². The lowest BCUT2D eigenvalue weighted by molar-refractivity contribution is -0.135. The molecule has 0 unspecified atom stereocenters. The van der Waals surface area contributed by atoms with E-state index in [1.54, 1.807) is 0 Å². The Labute approximate surface area is 121 Å². The topological polar surface area (TPSA) is 73.9 Å². The maximum atomic E-state index is 11.3. The van der Waals surface area contributed by atoms with Crippen molar-refractivity contribution in [1.82, 2.24) is 5.32 Å². The van der Waals surface area contributed by atoms with Crippen molar-refractivity contribution >= 4 is 26.4 Å². The van der Waals surface area contributed by atoms with Gasteiger partial charge in [-0.25, -0.2) is 4.79 Å². The Kier molecular flexibility index (Phi) is 11.4. The minimum absolute atomic E-state index is 0.310. The number of hydrogen-bond acceptors (Lipinski definition) is 5. The Morgan fingerprint density at radius 2 is 1.80 bits per heavy atom. The third-order valence-corrected chi connectivity index (χ3v) is 3.90. The van der Waals surface area contributed by atoms with Crippen molar-refractivity contribution < 1.29 is 23.2 Å². The molecule has 0 aliphatic carbocycles. The number of unbranched alkanes of at least 4 members (excludes halogenated alkanes) is 1. The summed E-state index contributed by atoms with van der Waals surface area (Å²) in [6, 6.07) is 0. The van der Waals surface area contributed by atoms with Crippen LogP contribution in [0.15, 0.2) is 12.2 Å². The molecule has 0 aromatic heterocycles. The summed E-state index contributed by atoms with van der Waals surface area (Å²) in [4.78, 5) is 22.1. The Balaban J connectivity index is 3.84. The first-order valence-corrected chi connectivity index (χ1v) is 8.03. The number of hydrogen-bond donors (Lipinski definition) is 1. The van der Waals surface area contributed by atoms with Gasteiger partial charge in [0.05, 0.1) is 20.3 Å². The van der Waals surface area contributed by atoms with E-state index < -0.39 is 14.9 Å². The molecule has 114 valence electrons. The van der Waals surface area contributed by atoms with E-state index in [9.17, 15) is 9.59 Å². The molecule has 0 heterocycles. The predicted octanol–water partition coefficient (Wildman–Crippen LogP) is 0.557. The summed E-state index contributed by atoms with van der Waals surface area (Å²) < 4.78 is 15.3. The molecule has 0 aromatic rings. The first-order chi connectivity index (χ1) is 9.63. The Hall–Kier alpha value is -1.63. The zero-order valence-electron chi connectivity index (χ0n) is 12.3. The van der Waals surface area contributed by atoms with Crippen molar-refractivity contribution in [3.63, 3.8) is 0 Å². The third-order valence-electron chi connectivity index (χ3n) is 2.14. The SMILES string of the molecule is CCO[Si](=CCCCNC(=O)C=CC(=O)OC)OCC. The second-order valence-corrected chi connectivity index (χ2v) is 5.30. The highest BCUT2D eigenvalue weighted by Gasteiger charge is 2.01. The van der Waals surface area contributed by atoms with E-state index in [4.69, 9.17) is 8.85 Å². The van der Waals surface area contributed by atoms with Gasteiger partial charge in [-0.1, -0.05) is 0 Å². The van der Waals surface area contributed by atoms with Crippen LogP contribution in [0.25, 0.3) is 0 Å². The van der Waals surface area contributed by atoms with Gasteiger partial charge < -0.3 is 18.9 Å². The number of rotatable bonds is 10. The molecule has 6 nitrogen and oxygen atoms in total. The molecule has 0 aliphatic rings. The number of esters is 1. The Morgan fingerprint density at radius 3 is 2.35 bits per heavy atom. The number of ether oxygens (including phenoxy) is 1. The second-order valence-electron chi connectivity index (χ2n) is 3.68. The average molecular weight is 301 g/mol. The third kappa shape index (κ3) is 10.3. The summed E-state index contributed by atoms with van der Waals surface area (Å²) in [6.45, 7) is 5.69. The van der Waals surface area contributed by atoms with Gasteiger partial charge in [0.15, 0.2) is 0 Å². The van der Waals surface area contributed by atoms with Gasteiger partial charge in [-0.15, -0.1) is 0 Å². The molecule has 0 rings (SSSR count). The minimum Gasteiger partial charge on any atom is -0.524 e. The van der Waals surface area contributed by atoms with Crippen LogP contribution in [0.1, 0.15) is 26.7 Å². The lowest BCUT2D eigenvalue weighted by Gasteiger charge is -2.07. The van der Waals surface area contributed by atoms with Gasteiger partial charge in [0.1, 0.15) is 0 Å². The summed E-state index contributed by atoms with van der Waals surface area (Å²) in [7, 11) is -0.0239. The van der Waals surface area contributed by atoms with Crippen LogP contribution in [0.3, 0.4) is 0 Å². The molecule has 0 aromatic carbocycles. The molecule has 0 radical (unpaired) electrons. The molecule has 20 heavy (non-hydrogen) atoms. The van der Waals surface area contributed by atoms with E-state index in [-0.39, 0.29) is 5.91 Å². The first kappa shape index (κ1) is 18.4. The van der Waals surface area contributed by atoms with Gasteiger partial charge in [-0.05, 0) is 32.4 Å². The first-order valence-electron chi connectivity index (χ1n) is 6.63. The van der Waals surface area contributed by atoms with E-state index in [1.165, 1.54) is 7.11 Å². The van der Waals surface area contributed by atoms with Crippen LogP contribution in [0.5, 0.6) is 0 Å². The van der Waals surface area contributed by atoms with E-state index >= 15 is 0 Å². The van der Waals surface area contributed by atoms with Crippen LogP contribution in [0, 0.1) is 0 Å². The summed E-state index contributed by atoms with van der Waals surface area (Å²) in [5.41, 5.74) is 2.04. The summed E-state index contributed by atoms with van der Waals surface area (Å²) in [6.07, 6.45) is 3.86. The fourth-order valence-corrected chi connectivity index (χ4v) is 2.58. The molecule has 0 saturated heterocycles. The number of carbonyl (C=O) groups excluding carboxylic acids is 2. The molecule has 1 N–H and O–H groups in total. The quantitative estimate of drug-likeness (QED) is 0.276. The van der Waals surface area contributed by atoms with Gasteiger partial charge in [0.2, 0.25) is 5.91 Å². The molecule has 7 heteroatoms. The summed E-state index contributed by atoms with van der Waals surface area (Å²) in [5, 5.41) is 2.68. The van der Waals surface area contributed by atoms with Gasteiger partial charge in [0.25, 0.3) is 0 Å². The normalized spacial score (nSPS) is 9.95. The largest absolute Gasteiger partial charge is 0.524 e. The van der Waals surface area contributed by atoms with Gasteiger partial charge in [0, 0.05) is 18.7 Å². The standard InChI is InChI=1S/C13H23NO5Si/c1-4-18-20(19-5-2)11-7-6-10-14-12(15)8-9-13(16)17-3/h8-9,11H,4-7,10H2,1-3H3,(H,14,15). The average Bonchev–Trinajstić information content (AvgIpc) is 2.44. The van der Waals surface area contributed by atoms with Crippen LogP contribution < -0.4 is 5.32 Å². The maximum absolute atomic E-state index is 11.3. The highest BCUT2D eigenvalue weighted by Crippen LogP contribution is 1.87. The van der Waals surface area contributed by atoms with Gasteiger partial charge >= 0.3 is 14.9 Å². The molecule has 0 fully saturated rings. The number of carbonyl (C=O) groups is 2. The minimum atomic E-state index is -1.28. The monoisotopic (exact) mass is 301 g/mol. The lowest BCUT2D eigenvalue weighted by atomic mass is 10.3. The predicted molar refractivity (Wildman–Crippen MR) is 78.5 cm³/mol. The molecule has 0 bridgehead atoms. The number of methoxy groups -OCH3 is 1. The van der Waals surface area contributed by atoms with Crippen molar-refractivity contribution in [2.75, 3.05) is 26.9 Å². The Morgan fingerprint density at radius 1 is 1.15 bits per heavy atom. The molecule has 0 saturated carbocycles. The fraction of sp³-hybridized carbons (Fsp3) is 0.615. The summed E-state index contributed by atoms with van der Waals surface area (Å²) >= 11 is 0. The van der Waals surface area contributed by atoms with Gasteiger partial charge in [-0.2, -0.15) is 0 Å². The fourth-order valence-electron chi connectivity index (χ4n) is 1.25. The molecule has 1 amide bonds. The smallest absolute Gasteiger partial charge is 0.475 e. The molecule has 0 spiro atoms. The van der Waals surface area contributed by atoms with E-state index in [0.717, 1.165) is 25.0 Å². The van der Waals surface area contributed by atoms with E-state index in [1.807, 2.05) is 19.5 Å². The molecule has 0 aliphatic heterocycles. The molecular weight excluding hydrogens is 278 g/mol. The van der Waals surface area contributed by atoms with Crippen LogP contribution in [0.2, 0.25) is 0 Å². The maximum Gasteiger partial charge on any atom is 0.475 e. The zero-order chi connectivity index (χ0) is 15.2. The van der Waals surface area contributed by atoms with E-state index in [0.29, 0.717) is 19.8 Å². The summed E-state index contributed by atoms with van der Waals surface area (Å²) in [5.74, 6) is -0.857. The van der Waals surface area contributed by atoms with E-state index in [2.05, 4.69) is 10.1 Å². The van der Waals surface area contributed by atoms with Crippen LogP contribution in [0.4, 0.5) is 0 Å².